The van der Waals surface area contributed by atoms with Crippen LogP contribution in [0.2, 0.25) is 0 Å². The summed E-state index contributed by atoms with van der Waals surface area (Å²) in [5, 5.41) is 10.7. The normalized spacial score (nSPS) is 13.3. The summed E-state index contributed by atoms with van der Waals surface area (Å²) in [4.78, 5) is 10.4. The fourth-order valence-corrected chi connectivity index (χ4v) is 1.35. The molecule has 1 aromatic carbocycles. The van der Waals surface area contributed by atoms with Gasteiger partial charge in [-0.25, -0.2) is 8.78 Å². The first-order chi connectivity index (χ1) is 8.71. The number of nitrogens with one attached hydrogen (secondary N) is 1. The standard InChI is InChI=1S/C11H10F5NO2/c12-8-2-1-6(3-9(8)13)4-17-5-7(10(18)19)11(14,15)16/h1-3,7,17H,4-5H2,(H,18,19). The lowest BCUT2D eigenvalue weighted by Gasteiger charge is -2.16. The van der Waals surface area contributed by atoms with Crippen molar-refractivity contribution in [3.05, 3.63) is 35.4 Å². The Labute approximate surface area is 105 Å². The van der Waals surface area contributed by atoms with E-state index in [0.29, 0.717) is 0 Å². The molecule has 0 radical (unpaired) electrons. The SMILES string of the molecule is O=C(O)C(CNCc1ccc(F)c(F)c1)C(F)(F)F. The quantitative estimate of drug-likeness (QED) is 0.815. The van der Waals surface area contributed by atoms with Gasteiger partial charge in [0.05, 0.1) is 0 Å². The summed E-state index contributed by atoms with van der Waals surface area (Å²) in [6, 6.07) is 2.85. The molecule has 3 nitrogen and oxygen atoms in total. The fourth-order valence-electron chi connectivity index (χ4n) is 1.35. The van der Waals surface area contributed by atoms with Crippen LogP contribution in [-0.2, 0) is 11.3 Å². The van der Waals surface area contributed by atoms with Crippen LogP contribution >= 0.6 is 0 Å². The van der Waals surface area contributed by atoms with Crippen molar-refractivity contribution in [3.8, 4) is 0 Å². The van der Waals surface area contributed by atoms with Crippen molar-refractivity contribution in [2.45, 2.75) is 12.7 Å². The van der Waals surface area contributed by atoms with Crippen LogP contribution in [-0.4, -0.2) is 23.8 Å². The molecule has 106 valence electrons. The number of carbonyl (C=O) groups is 1. The first-order valence-electron chi connectivity index (χ1n) is 5.16. The predicted octanol–water partition coefficient (Wildman–Crippen LogP) is 2.32. The Morgan fingerprint density at radius 3 is 2.37 bits per heavy atom. The maximum absolute atomic E-state index is 12.8. The summed E-state index contributed by atoms with van der Waals surface area (Å²) < 4.78 is 62.2. The molecule has 0 bridgehead atoms. The van der Waals surface area contributed by atoms with Crippen molar-refractivity contribution >= 4 is 5.97 Å². The number of halogens is 5. The Morgan fingerprint density at radius 2 is 1.89 bits per heavy atom. The molecule has 0 saturated heterocycles. The molecule has 0 heterocycles. The first kappa shape index (κ1) is 15.4. The first-order valence-corrected chi connectivity index (χ1v) is 5.16. The zero-order valence-electron chi connectivity index (χ0n) is 9.47. The van der Waals surface area contributed by atoms with E-state index in [1.807, 2.05) is 0 Å². The number of aliphatic carboxylic acids is 1. The molecule has 0 aromatic heterocycles. The van der Waals surface area contributed by atoms with Crippen molar-refractivity contribution in [3.63, 3.8) is 0 Å². The third-order valence-corrected chi connectivity index (χ3v) is 2.35. The zero-order valence-corrected chi connectivity index (χ0v) is 9.47. The van der Waals surface area contributed by atoms with Gasteiger partial charge in [-0.15, -0.1) is 0 Å². The number of carboxylic acids is 1. The molecule has 1 aromatic rings. The van der Waals surface area contributed by atoms with Crippen LogP contribution in [0.4, 0.5) is 22.0 Å². The van der Waals surface area contributed by atoms with E-state index in [1.54, 1.807) is 0 Å². The van der Waals surface area contributed by atoms with E-state index in [-0.39, 0.29) is 12.1 Å². The van der Waals surface area contributed by atoms with Crippen LogP contribution in [0.15, 0.2) is 18.2 Å². The van der Waals surface area contributed by atoms with Crippen molar-refractivity contribution in [1.82, 2.24) is 5.32 Å². The largest absolute Gasteiger partial charge is 0.481 e. The van der Waals surface area contributed by atoms with Gasteiger partial charge in [0.1, 0.15) is 0 Å². The van der Waals surface area contributed by atoms with Crippen LogP contribution in [0.5, 0.6) is 0 Å². The van der Waals surface area contributed by atoms with E-state index in [1.165, 1.54) is 6.07 Å². The Hall–Kier alpha value is -1.70. The monoisotopic (exact) mass is 283 g/mol. The fraction of sp³-hybridized carbons (Fsp3) is 0.364. The summed E-state index contributed by atoms with van der Waals surface area (Å²) in [5.74, 6) is -6.73. The minimum atomic E-state index is -4.87. The number of benzene rings is 1. The van der Waals surface area contributed by atoms with Gasteiger partial charge in [-0.1, -0.05) is 6.07 Å². The molecular formula is C11H10F5NO2. The highest BCUT2D eigenvalue weighted by Crippen LogP contribution is 2.25. The number of alkyl halides is 3. The van der Waals surface area contributed by atoms with Crippen LogP contribution < -0.4 is 5.32 Å². The predicted molar refractivity (Wildman–Crippen MR) is 55.2 cm³/mol. The summed E-state index contributed by atoms with van der Waals surface area (Å²) >= 11 is 0. The second-order valence-corrected chi connectivity index (χ2v) is 3.81. The summed E-state index contributed by atoms with van der Waals surface area (Å²) in [7, 11) is 0. The Balaban J connectivity index is 2.57. The van der Waals surface area contributed by atoms with E-state index in [9.17, 15) is 26.7 Å². The average molecular weight is 283 g/mol. The van der Waals surface area contributed by atoms with E-state index in [0.717, 1.165) is 12.1 Å². The van der Waals surface area contributed by atoms with Gasteiger partial charge in [0.15, 0.2) is 17.6 Å². The van der Waals surface area contributed by atoms with Gasteiger partial charge in [-0.2, -0.15) is 13.2 Å². The lowest BCUT2D eigenvalue weighted by Crippen LogP contribution is -2.38. The smallest absolute Gasteiger partial charge is 0.403 e. The molecule has 1 rings (SSSR count). The Morgan fingerprint density at radius 1 is 1.26 bits per heavy atom. The Kier molecular flexibility index (Phi) is 4.82. The number of rotatable bonds is 5. The van der Waals surface area contributed by atoms with Crippen molar-refractivity contribution < 1.29 is 31.9 Å². The molecule has 0 saturated carbocycles. The molecule has 0 aliphatic rings. The second kappa shape index (κ2) is 5.96. The molecule has 19 heavy (non-hydrogen) atoms. The van der Waals surface area contributed by atoms with E-state index >= 15 is 0 Å². The van der Waals surface area contributed by atoms with Crippen LogP contribution in [0.1, 0.15) is 5.56 Å². The van der Waals surface area contributed by atoms with Gasteiger partial charge in [0.25, 0.3) is 0 Å². The van der Waals surface area contributed by atoms with E-state index < -0.39 is 36.2 Å². The van der Waals surface area contributed by atoms with Crippen LogP contribution in [0.3, 0.4) is 0 Å². The third kappa shape index (κ3) is 4.47. The lowest BCUT2D eigenvalue weighted by atomic mass is 10.1. The minimum absolute atomic E-state index is 0.197. The van der Waals surface area contributed by atoms with E-state index in [2.05, 4.69) is 5.32 Å². The number of carboxylic acid groups (broad SMARTS) is 1. The van der Waals surface area contributed by atoms with Gasteiger partial charge in [-0.3, -0.25) is 4.79 Å². The molecule has 1 unspecified atom stereocenters. The summed E-state index contributed by atoms with van der Waals surface area (Å²) in [6.07, 6.45) is -4.87. The molecule has 1 atom stereocenters. The topological polar surface area (TPSA) is 49.3 Å². The van der Waals surface area contributed by atoms with E-state index in [4.69, 9.17) is 5.11 Å². The highest BCUT2D eigenvalue weighted by molar-refractivity contribution is 5.71. The van der Waals surface area contributed by atoms with Crippen LogP contribution in [0.25, 0.3) is 0 Å². The second-order valence-electron chi connectivity index (χ2n) is 3.81. The summed E-state index contributed by atoms with van der Waals surface area (Å²) in [6.45, 7) is -1.05. The van der Waals surface area contributed by atoms with Gasteiger partial charge in [-0.05, 0) is 17.7 Å². The summed E-state index contributed by atoms with van der Waals surface area (Å²) in [5.41, 5.74) is 0.213. The van der Waals surface area contributed by atoms with Gasteiger partial charge in [0.2, 0.25) is 0 Å². The molecule has 0 amide bonds. The Bertz CT molecular complexity index is 461. The molecule has 0 fully saturated rings. The van der Waals surface area contributed by atoms with Crippen molar-refractivity contribution in [2.24, 2.45) is 5.92 Å². The molecule has 2 N–H and O–H groups in total. The zero-order chi connectivity index (χ0) is 14.6. The molecule has 0 spiro atoms. The molecule has 0 aliphatic heterocycles. The third-order valence-electron chi connectivity index (χ3n) is 2.35. The highest BCUT2D eigenvalue weighted by Gasteiger charge is 2.44. The van der Waals surface area contributed by atoms with Crippen molar-refractivity contribution in [1.29, 1.82) is 0 Å². The maximum Gasteiger partial charge on any atom is 0.403 e. The van der Waals surface area contributed by atoms with Crippen molar-refractivity contribution in [2.75, 3.05) is 6.54 Å². The van der Waals surface area contributed by atoms with Gasteiger partial charge >= 0.3 is 12.1 Å². The number of hydrogen-bond donors (Lipinski definition) is 2. The highest BCUT2D eigenvalue weighted by atomic mass is 19.4. The lowest BCUT2D eigenvalue weighted by molar-refractivity contribution is -0.192. The maximum atomic E-state index is 12.8. The average Bonchev–Trinajstić information content (AvgIpc) is 2.26. The number of hydrogen-bond acceptors (Lipinski definition) is 2. The van der Waals surface area contributed by atoms with Gasteiger partial charge in [0, 0.05) is 13.1 Å². The molecule has 8 heteroatoms. The van der Waals surface area contributed by atoms with Gasteiger partial charge < -0.3 is 10.4 Å². The molecular weight excluding hydrogens is 273 g/mol. The molecule has 0 aliphatic carbocycles. The minimum Gasteiger partial charge on any atom is -0.481 e. The van der Waals surface area contributed by atoms with Crippen LogP contribution in [0, 0.1) is 17.6 Å².